The molecule has 1 saturated carbocycles. The first-order chi connectivity index (χ1) is 13.0. The normalized spacial score (nSPS) is 15.9. The second-order valence-corrected chi connectivity index (χ2v) is 9.00. The molecule has 3 rings (SSSR count). The molecule has 1 fully saturated rings. The Hall–Kier alpha value is -1.99. The highest BCUT2D eigenvalue weighted by Crippen LogP contribution is 2.25. The number of carbonyl (C=O) groups is 1. The molecule has 0 aliphatic heterocycles. The molecule has 0 spiro atoms. The van der Waals surface area contributed by atoms with E-state index in [0.717, 1.165) is 31.1 Å². The van der Waals surface area contributed by atoms with Crippen LogP contribution >= 0.6 is 0 Å². The molecular formula is C20H27N3O3S. The van der Waals surface area contributed by atoms with Crippen molar-refractivity contribution in [1.29, 1.82) is 0 Å². The minimum absolute atomic E-state index is 0.145. The van der Waals surface area contributed by atoms with Gasteiger partial charge in [-0.2, -0.15) is 4.31 Å². The molecule has 27 heavy (non-hydrogen) atoms. The van der Waals surface area contributed by atoms with E-state index in [2.05, 4.69) is 10.3 Å². The molecule has 1 aliphatic rings. The Labute approximate surface area is 161 Å². The summed E-state index contributed by atoms with van der Waals surface area (Å²) in [6, 6.07) is 7.01. The Balaban J connectivity index is 1.83. The standard InChI is InChI=1S/C20H27N3O3S/c1-2-13-23(15-20(24)22-17-8-4-3-5-9-17)27(25,26)19-10-6-7-16-14-21-12-11-18(16)19/h6-7,10-12,14,17H,2-5,8-9,13,15H2,1H3,(H,22,24). The van der Waals surface area contributed by atoms with Gasteiger partial charge in [-0.05, 0) is 31.4 Å². The molecule has 7 heteroatoms. The van der Waals surface area contributed by atoms with E-state index in [1.54, 1.807) is 30.6 Å². The summed E-state index contributed by atoms with van der Waals surface area (Å²) in [6.45, 7) is 2.07. The van der Waals surface area contributed by atoms with Gasteiger partial charge in [-0.15, -0.1) is 0 Å². The first-order valence-electron chi connectivity index (χ1n) is 9.64. The predicted molar refractivity (Wildman–Crippen MR) is 106 cm³/mol. The number of benzene rings is 1. The van der Waals surface area contributed by atoms with Crippen molar-refractivity contribution >= 4 is 26.7 Å². The molecule has 146 valence electrons. The van der Waals surface area contributed by atoms with Gasteiger partial charge in [0.25, 0.3) is 0 Å². The highest BCUT2D eigenvalue weighted by molar-refractivity contribution is 7.89. The Morgan fingerprint density at radius 1 is 1.22 bits per heavy atom. The number of aromatic nitrogens is 1. The third-order valence-electron chi connectivity index (χ3n) is 5.02. The number of pyridine rings is 1. The number of amides is 1. The largest absolute Gasteiger partial charge is 0.352 e. The van der Waals surface area contributed by atoms with Crippen molar-refractivity contribution in [3.63, 3.8) is 0 Å². The number of sulfonamides is 1. The summed E-state index contributed by atoms with van der Waals surface area (Å²) >= 11 is 0. The fourth-order valence-electron chi connectivity index (χ4n) is 3.67. The van der Waals surface area contributed by atoms with Crippen molar-refractivity contribution in [3.8, 4) is 0 Å². The molecule has 6 nitrogen and oxygen atoms in total. The van der Waals surface area contributed by atoms with E-state index < -0.39 is 10.0 Å². The Bertz CT molecular complexity index is 887. The van der Waals surface area contributed by atoms with Gasteiger partial charge in [0, 0.05) is 35.8 Å². The van der Waals surface area contributed by atoms with E-state index in [0.29, 0.717) is 18.4 Å². The Morgan fingerprint density at radius 3 is 2.74 bits per heavy atom. The summed E-state index contributed by atoms with van der Waals surface area (Å²) < 4.78 is 27.9. The summed E-state index contributed by atoms with van der Waals surface area (Å²) in [5.41, 5.74) is 0. The van der Waals surface area contributed by atoms with Crippen LogP contribution in [0.2, 0.25) is 0 Å². The average molecular weight is 390 g/mol. The molecule has 2 aromatic rings. The van der Waals surface area contributed by atoms with Gasteiger partial charge in [-0.25, -0.2) is 8.42 Å². The maximum atomic E-state index is 13.3. The molecule has 0 atom stereocenters. The van der Waals surface area contributed by atoms with Gasteiger partial charge in [-0.3, -0.25) is 9.78 Å². The van der Waals surface area contributed by atoms with Gasteiger partial charge in [-0.1, -0.05) is 38.3 Å². The molecule has 1 N–H and O–H groups in total. The molecule has 1 aromatic heterocycles. The first kappa shape index (κ1) is 19.8. The van der Waals surface area contributed by atoms with Crippen molar-refractivity contribution in [2.45, 2.75) is 56.4 Å². The number of hydrogen-bond donors (Lipinski definition) is 1. The molecule has 1 amide bonds. The lowest BCUT2D eigenvalue weighted by molar-refractivity contribution is -0.122. The number of fused-ring (bicyclic) bond motifs is 1. The van der Waals surface area contributed by atoms with Crippen LogP contribution in [0.15, 0.2) is 41.6 Å². The van der Waals surface area contributed by atoms with Crippen molar-refractivity contribution in [3.05, 3.63) is 36.7 Å². The van der Waals surface area contributed by atoms with Crippen LogP contribution in [-0.2, 0) is 14.8 Å². The van der Waals surface area contributed by atoms with Gasteiger partial charge in [0.15, 0.2) is 0 Å². The lowest BCUT2D eigenvalue weighted by atomic mass is 9.95. The van der Waals surface area contributed by atoms with Crippen LogP contribution in [0, 0.1) is 0 Å². The van der Waals surface area contributed by atoms with Gasteiger partial charge >= 0.3 is 0 Å². The quantitative estimate of drug-likeness (QED) is 0.789. The maximum Gasteiger partial charge on any atom is 0.244 e. The van der Waals surface area contributed by atoms with E-state index >= 15 is 0 Å². The smallest absolute Gasteiger partial charge is 0.244 e. The minimum atomic E-state index is -3.78. The third-order valence-corrected chi connectivity index (χ3v) is 6.93. The zero-order chi connectivity index (χ0) is 19.3. The van der Waals surface area contributed by atoms with E-state index in [1.165, 1.54) is 10.7 Å². The molecule has 1 aromatic carbocycles. The lowest BCUT2D eigenvalue weighted by Crippen LogP contribution is -2.45. The molecular weight excluding hydrogens is 362 g/mol. The maximum absolute atomic E-state index is 13.3. The molecule has 0 unspecified atom stereocenters. The van der Waals surface area contributed by atoms with Crippen LogP contribution in [0.4, 0.5) is 0 Å². The highest BCUT2D eigenvalue weighted by Gasteiger charge is 2.28. The van der Waals surface area contributed by atoms with E-state index in [9.17, 15) is 13.2 Å². The first-order valence-corrected chi connectivity index (χ1v) is 11.1. The number of nitrogens with one attached hydrogen (secondary N) is 1. The predicted octanol–water partition coefficient (Wildman–Crippen LogP) is 3.08. The number of hydrogen-bond acceptors (Lipinski definition) is 4. The minimum Gasteiger partial charge on any atom is -0.352 e. The van der Waals surface area contributed by atoms with E-state index in [4.69, 9.17) is 0 Å². The zero-order valence-corrected chi connectivity index (χ0v) is 16.5. The van der Waals surface area contributed by atoms with Gasteiger partial charge < -0.3 is 5.32 Å². The summed E-state index contributed by atoms with van der Waals surface area (Å²) in [7, 11) is -3.78. The molecule has 1 heterocycles. The van der Waals surface area contributed by atoms with Crippen LogP contribution in [-0.4, -0.2) is 42.7 Å². The van der Waals surface area contributed by atoms with Gasteiger partial charge in [0.2, 0.25) is 15.9 Å². The summed E-state index contributed by atoms with van der Waals surface area (Å²) in [4.78, 5) is 16.8. The van der Waals surface area contributed by atoms with E-state index in [1.807, 2.05) is 13.0 Å². The summed E-state index contributed by atoms with van der Waals surface area (Å²) in [5, 5.41) is 4.41. The molecule has 1 aliphatic carbocycles. The monoisotopic (exact) mass is 389 g/mol. The van der Waals surface area contributed by atoms with Crippen molar-refractivity contribution < 1.29 is 13.2 Å². The van der Waals surface area contributed by atoms with Crippen LogP contribution < -0.4 is 5.32 Å². The lowest BCUT2D eigenvalue weighted by Gasteiger charge is -2.26. The van der Waals surface area contributed by atoms with Crippen LogP contribution in [0.1, 0.15) is 45.4 Å². The van der Waals surface area contributed by atoms with Crippen molar-refractivity contribution in [1.82, 2.24) is 14.6 Å². The second-order valence-electron chi connectivity index (χ2n) is 7.09. The van der Waals surface area contributed by atoms with Crippen LogP contribution in [0.25, 0.3) is 10.8 Å². The molecule has 0 radical (unpaired) electrons. The second kappa shape index (κ2) is 8.80. The van der Waals surface area contributed by atoms with Gasteiger partial charge in [0.1, 0.15) is 0 Å². The highest BCUT2D eigenvalue weighted by atomic mass is 32.2. The SMILES string of the molecule is CCCN(CC(=O)NC1CCCCC1)S(=O)(=O)c1cccc2cnccc12. The topological polar surface area (TPSA) is 79.4 Å². The fourth-order valence-corrected chi connectivity index (χ4v) is 5.37. The summed E-state index contributed by atoms with van der Waals surface area (Å²) in [6.07, 6.45) is 9.26. The molecule has 0 bridgehead atoms. The average Bonchev–Trinajstić information content (AvgIpc) is 2.68. The fraction of sp³-hybridized carbons (Fsp3) is 0.500. The van der Waals surface area contributed by atoms with Crippen molar-refractivity contribution in [2.75, 3.05) is 13.1 Å². The number of nitrogens with zero attached hydrogens (tertiary/aromatic N) is 2. The summed E-state index contributed by atoms with van der Waals surface area (Å²) in [5.74, 6) is -0.221. The third kappa shape index (κ3) is 4.65. The number of rotatable bonds is 7. The van der Waals surface area contributed by atoms with Gasteiger partial charge in [0.05, 0.1) is 11.4 Å². The Kier molecular flexibility index (Phi) is 6.44. The zero-order valence-electron chi connectivity index (χ0n) is 15.7. The van der Waals surface area contributed by atoms with Crippen molar-refractivity contribution in [2.24, 2.45) is 0 Å². The number of carbonyl (C=O) groups excluding carboxylic acids is 1. The Morgan fingerprint density at radius 2 is 2.00 bits per heavy atom. The van der Waals surface area contributed by atoms with Crippen LogP contribution in [0.3, 0.4) is 0 Å². The van der Waals surface area contributed by atoms with E-state index in [-0.39, 0.29) is 23.4 Å². The van der Waals surface area contributed by atoms with Crippen LogP contribution in [0.5, 0.6) is 0 Å². The molecule has 0 saturated heterocycles.